The Balaban J connectivity index is 0.00000484. The van der Waals surface area contributed by atoms with E-state index in [9.17, 15) is 4.79 Å². The molecule has 0 saturated carbocycles. The Labute approximate surface area is 155 Å². The van der Waals surface area contributed by atoms with Crippen LogP contribution in [0.1, 0.15) is 29.8 Å². The number of hydrogen-bond donors (Lipinski definition) is 3. The summed E-state index contributed by atoms with van der Waals surface area (Å²) in [7, 11) is 3.39. The van der Waals surface area contributed by atoms with Gasteiger partial charge in [0.2, 0.25) is 0 Å². The highest BCUT2D eigenvalue weighted by Gasteiger charge is 2.07. The zero-order valence-electron chi connectivity index (χ0n) is 14.2. The van der Waals surface area contributed by atoms with E-state index < -0.39 is 0 Å². The minimum Gasteiger partial charge on any atom is -0.383 e. The summed E-state index contributed by atoms with van der Waals surface area (Å²) < 4.78 is 5.09. The number of guanidine groups is 1. The van der Waals surface area contributed by atoms with Crippen LogP contribution in [0, 0.1) is 0 Å². The van der Waals surface area contributed by atoms with Crippen molar-refractivity contribution in [3.05, 3.63) is 35.4 Å². The highest BCUT2D eigenvalue weighted by molar-refractivity contribution is 14.0. The van der Waals surface area contributed by atoms with E-state index in [2.05, 4.69) is 20.9 Å². The second kappa shape index (κ2) is 12.1. The molecule has 1 amide bonds. The number of rotatable bonds is 7. The maximum absolute atomic E-state index is 11.8. The maximum Gasteiger partial charge on any atom is 0.251 e. The number of nitrogens with one attached hydrogen (secondary N) is 3. The molecule has 0 aliphatic heterocycles. The van der Waals surface area contributed by atoms with E-state index in [1.807, 2.05) is 38.1 Å². The molecule has 23 heavy (non-hydrogen) atoms. The van der Waals surface area contributed by atoms with Crippen molar-refractivity contribution in [1.29, 1.82) is 0 Å². The minimum absolute atomic E-state index is 0. The first-order valence-electron chi connectivity index (χ1n) is 7.44. The van der Waals surface area contributed by atoms with E-state index in [0.717, 1.165) is 5.56 Å². The van der Waals surface area contributed by atoms with Gasteiger partial charge in [0.1, 0.15) is 0 Å². The van der Waals surface area contributed by atoms with Gasteiger partial charge in [-0.3, -0.25) is 9.79 Å². The third-order valence-corrected chi connectivity index (χ3v) is 3.01. The number of methoxy groups -OCH3 is 1. The zero-order chi connectivity index (χ0) is 16.4. The normalized spacial score (nSPS) is 12.1. The fourth-order valence-corrected chi connectivity index (χ4v) is 1.99. The van der Waals surface area contributed by atoms with Crippen LogP contribution in [0.2, 0.25) is 0 Å². The molecule has 0 aliphatic carbocycles. The Morgan fingerprint density at radius 2 is 2.09 bits per heavy atom. The molecule has 1 rings (SSSR count). The first-order chi connectivity index (χ1) is 10.6. The van der Waals surface area contributed by atoms with E-state index >= 15 is 0 Å². The molecule has 0 aromatic heterocycles. The standard InChI is InChI=1S/C16H26N4O2.HI/c1-5-18-15(21)14-8-6-7-13(9-14)10-19-16(17-3)20-12(2)11-22-4;/h6-9,12H,5,10-11H2,1-4H3,(H,18,21)(H2,17,19,20);1H. The van der Waals surface area contributed by atoms with Crippen molar-refractivity contribution in [1.82, 2.24) is 16.0 Å². The smallest absolute Gasteiger partial charge is 0.251 e. The van der Waals surface area contributed by atoms with Crippen molar-refractivity contribution < 1.29 is 9.53 Å². The topological polar surface area (TPSA) is 74.8 Å². The SMILES string of the molecule is CCNC(=O)c1cccc(CNC(=NC)NC(C)COC)c1.I. The van der Waals surface area contributed by atoms with Crippen LogP contribution in [0.15, 0.2) is 29.3 Å². The van der Waals surface area contributed by atoms with E-state index in [1.54, 1.807) is 14.2 Å². The molecule has 6 nitrogen and oxygen atoms in total. The number of ether oxygens (including phenoxy) is 1. The van der Waals surface area contributed by atoms with Crippen molar-refractivity contribution >= 4 is 35.8 Å². The van der Waals surface area contributed by atoms with E-state index in [0.29, 0.717) is 31.2 Å². The summed E-state index contributed by atoms with van der Waals surface area (Å²) in [6, 6.07) is 7.71. The van der Waals surface area contributed by atoms with Crippen molar-refractivity contribution in [3.8, 4) is 0 Å². The largest absolute Gasteiger partial charge is 0.383 e. The van der Waals surface area contributed by atoms with Crippen LogP contribution in [0.25, 0.3) is 0 Å². The van der Waals surface area contributed by atoms with E-state index in [-0.39, 0.29) is 35.9 Å². The van der Waals surface area contributed by atoms with Crippen LogP contribution >= 0.6 is 24.0 Å². The van der Waals surface area contributed by atoms with Crippen LogP contribution in [-0.2, 0) is 11.3 Å². The van der Waals surface area contributed by atoms with Gasteiger partial charge in [0.25, 0.3) is 5.91 Å². The van der Waals surface area contributed by atoms with Crippen molar-refractivity contribution in [2.24, 2.45) is 4.99 Å². The van der Waals surface area contributed by atoms with Gasteiger partial charge in [0.05, 0.1) is 6.61 Å². The molecule has 1 unspecified atom stereocenters. The number of aliphatic imine (C=N–C) groups is 1. The molecule has 0 heterocycles. The molecule has 7 heteroatoms. The van der Waals surface area contributed by atoms with Gasteiger partial charge >= 0.3 is 0 Å². The zero-order valence-corrected chi connectivity index (χ0v) is 16.5. The quantitative estimate of drug-likeness (QED) is 0.348. The molecule has 1 aromatic carbocycles. The number of hydrogen-bond acceptors (Lipinski definition) is 3. The van der Waals surface area contributed by atoms with Gasteiger partial charge in [0, 0.05) is 38.9 Å². The highest BCUT2D eigenvalue weighted by Crippen LogP contribution is 2.05. The monoisotopic (exact) mass is 434 g/mol. The lowest BCUT2D eigenvalue weighted by Crippen LogP contribution is -2.43. The summed E-state index contributed by atoms with van der Waals surface area (Å²) >= 11 is 0. The Morgan fingerprint density at radius 3 is 2.70 bits per heavy atom. The number of benzene rings is 1. The van der Waals surface area contributed by atoms with Crippen LogP contribution in [-0.4, -0.2) is 45.2 Å². The third kappa shape index (κ3) is 8.17. The van der Waals surface area contributed by atoms with Gasteiger partial charge in [-0.05, 0) is 31.5 Å². The predicted octanol–water partition coefficient (Wildman–Crippen LogP) is 1.75. The Hall–Kier alpha value is -1.35. The summed E-state index contributed by atoms with van der Waals surface area (Å²) in [5.41, 5.74) is 1.68. The van der Waals surface area contributed by atoms with Gasteiger partial charge in [-0.2, -0.15) is 0 Å². The summed E-state index contributed by atoms with van der Waals surface area (Å²) in [5.74, 6) is 0.647. The summed E-state index contributed by atoms with van der Waals surface area (Å²) in [6.45, 7) is 5.74. The van der Waals surface area contributed by atoms with Crippen molar-refractivity contribution in [2.75, 3.05) is 27.3 Å². The molecule has 130 valence electrons. The number of carbonyl (C=O) groups is 1. The average Bonchev–Trinajstić information content (AvgIpc) is 2.52. The summed E-state index contributed by atoms with van der Waals surface area (Å²) in [6.07, 6.45) is 0. The van der Waals surface area contributed by atoms with Crippen LogP contribution in [0.3, 0.4) is 0 Å². The molecule has 0 fully saturated rings. The Morgan fingerprint density at radius 1 is 1.35 bits per heavy atom. The number of nitrogens with zero attached hydrogens (tertiary/aromatic N) is 1. The summed E-state index contributed by atoms with van der Waals surface area (Å²) in [5, 5.41) is 9.25. The molecule has 0 aliphatic rings. The fourth-order valence-electron chi connectivity index (χ4n) is 1.99. The molecule has 0 saturated heterocycles. The molecule has 1 atom stereocenters. The molecule has 0 radical (unpaired) electrons. The van der Waals surface area contributed by atoms with Crippen LogP contribution in [0.5, 0.6) is 0 Å². The summed E-state index contributed by atoms with van der Waals surface area (Å²) in [4.78, 5) is 16.0. The first-order valence-corrected chi connectivity index (χ1v) is 7.44. The lowest BCUT2D eigenvalue weighted by molar-refractivity contribution is 0.0955. The Kier molecular flexibility index (Phi) is 11.4. The molecule has 3 N–H and O–H groups in total. The minimum atomic E-state index is -0.0550. The number of carbonyl (C=O) groups excluding carboxylic acids is 1. The van der Waals surface area contributed by atoms with Gasteiger partial charge in [-0.25, -0.2) is 0 Å². The predicted molar refractivity (Wildman–Crippen MR) is 105 cm³/mol. The molecule has 1 aromatic rings. The molecular formula is C16H27IN4O2. The Bertz CT molecular complexity index is 509. The van der Waals surface area contributed by atoms with Gasteiger partial charge in [-0.1, -0.05) is 12.1 Å². The first kappa shape index (κ1) is 21.6. The molecule has 0 bridgehead atoms. The fraction of sp³-hybridized carbons (Fsp3) is 0.500. The number of amides is 1. The highest BCUT2D eigenvalue weighted by atomic mass is 127. The number of halogens is 1. The van der Waals surface area contributed by atoms with Crippen LogP contribution < -0.4 is 16.0 Å². The van der Waals surface area contributed by atoms with Crippen molar-refractivity contribution in [3.63, 3.8) is 0 Å². The van der Waals surface area contributed by atoms with E-state index in [1.165, 1.54) is 0 Å². The second-order valence-electron chi connectivity index (χ2n) is 4.99. The van der Waals surface area contributed by atoms with Crippen LogP contribution in [0.4, 0.5) is 0 Å². The van der Waals surface area contributed by atoms with Crippen molar-refractivity contribution in [2.45, 2.75) is 26.4 Å². The lowest BCUT2D eigenvalue weighted by atomic mass is 10.1. The van der Waals surface area contributed by atoms with Gasteiger partial charge in [0.15, 0.2) is 5.96 Å². The molecular weight excluding hydrogens is 407 g/mol. The molecule has 0 spiro atoms. The lowest BCUT2D eigenvalue weighted by Gasteiger charge is -2.17. The van der Waals surface area contributed by atoms with Gasteiger partial charge in [-0.15, -0.1) is 24.0 Å². The van der Waals surface area contributed by atoms with E-state index in [4.69, 9.17) is 4.74 Å². The average molecular weight is 434 g/mol. The third-order valence-electron chi connectivity index (χ3n) is 3.01. The second-order valence-corrected chi connectivity index (χ2v) is 4.99. The maximum atomic E-state index is 11.8. The van der Waals surface area contributed by atoms with Gasteiger partial charge < -0.3 is 20.7 Å².